The summed E-state index contributed by atoms with van der Waals surface area (Å²) in [5, 5.41) is 6.66. The average molecular weight is 318 g/mol. The number of aromatic nitrogens is 2. The van der Waals surface area contributed by atoms with Gasteiger partial charge in [0.1, 0.15) is 6.42 Å². The number of benzene rings is 1. The fourth-order valence-corrected chi connectivity index (χ4v) is 2.57. The Balaban J connectivity index is 1.90. The van der Waals surface area contributed by atoms with Crippen LogP contribution in [0.1, 0.15) is 22.6 Å². The molecule has 0 unspecified atom stereocenters. The van der Waals surface area contributed by atoms with Crippen molar-refractivity contribution >= 4 is 29.0 Å². The minimum atomic E-state index is -0.315. The van der Waals surface area contributed by atoms with Gasteiger partial charge in [-0.1, -0.05) is 22.7 Å². The van der Waals surface area contributed by atoms with Gasteiger partial charge in [-0.15, -0.1) is 5.10 Å². The standard InChI is InChI=1S/C15H18N4O2S/c1-10-6-4-5-7-12(10)16-14(20)8-15(21)19(3)9-13-11(2)17-18-22-13/h4-7H,8-9H2,1-3H3,(H,16,20). The third kappa shape index (κ3) is 4.11. The fourth-order valence-electron chi connectivity index (χ4n) is 1.88. The first-order valence-corrected chi connectivity index (χ1v) is 7.62. The predicted octanol–water partition coefficient (Wildman–Crippen LogP) is 2.14. The molecule has 6 nitrogen and oxygen atoms in total. The van der Waals surface area contributed by atoms with Crippen molar-refractivity contribution in [1.82, 2.24) is 14.5 Å². The lowest BCUT2D eigenvalue weighted by Crippen LogP contribution is -2.30. The number of aryl methyl sites for hydroxylation is 2. The second-order valence-corrected chi connectivity index (χ2v) is 5.91. The number of hydrogen-bond acceptors (Lipinski definition) is 5. The Bertz CT molecular complexity index is 684. The number of amides is 2. The van der Waals surface area contributed by atoms with E-state index in [9.17, 15) is 9.59 Å². The molecule has 0 atom stereocenters. The Hall–Kier alpha value is -2.28. The summed E-state index contributed by atoms with van der Waals surface area (Å²) in [5.41, 5.74) is 2.50. The van der Waals surface area contributed by atoms with Crippen LogP contribution in [-0.2, 0) is 16.1 Å². The van der Waals surface area contributed by atoms with E-state index >= 15 is 0 Å². The van der Waals surface area contributed by atoms with Crippen LogP contribution in [0.2, 0.25) is 0 Å². The van der Waals surface area contributed by atoms with Gasteiger partial charge < -0.3 is 10.2 Å². The molecule has 1 aromatic heterocycles. The SMILES string of the molecule is Cc1ccccc1NC(=O)CC(=O)N(C)Cc1snnc1C. The first-order chi connectivity index (χ1) is 10.5. The summed E-state index contributed by atoms with van der Waals surface area (Å²) in [6.07, 6.45) is -0.184. The molecule has 2 amide bonds. The second-order valence-electron chi connectivity index (χ2n) is 5.07. The van der Waals surface area contributed by atoms with Crippen molar-refractivity contribution < 1.29 is 9.59 Å². The molecule has 7 heteroatoms. The summed E-state index contributed by atoms with van der Waals surface area (Å²) < 4.78 is 3.83. The Labute approximate surface area is 133 Å². The lowest BCUT2D eigenvalue weighted by molar-refractivity contribution is -0.133. The number of para-hydroxylation sites is 1. The van der Waals surface area contributed by atoms with Crippen LogP contribution in [0.25, 0.3) is 0 Å². The zero-order valence-corrected chi connectivity index (χ0v) is 13.6. The molecule has 0 spiro atoms. The Kier molecular flexibility index (Phi) is 5.21. The number of carbonyl (C=O) groups is 2. The smallest absolute Gasteiger partial charge is 0.233 e. The minimum Gasteiger partial charge on any atom is -0.340 e. The number of nitrogens with one attached hydrogen (secondary N) is 1. The number of carbonyl (C=O) groups excluding carboxylic acids is 2. The summed E-state index contributed by atoms with van der Waals surface area (Å²) in [5.74, 6) is -0.552. The molecule has 1 N–H and O–H groups in total. The first-order valence-electron chi connectivity index (χ1n) is 6.84. The predicted molar refractivity (Wildman–Crippen MR) is 85.5 cm³/mol. The third-order valence-electron chi connectivity index (χ3n) is 3.28. The highest BCUT2D eigenvalue weighted by molar-refractivity contribution is 7.05. The molecule has 0 bridgehead atoms. The monoisotopic (exact) mass is 318 g/mol. The van der Waals surface area contributed by atoms with E-state index in [1.165, 1.54) is 16.4 Å². The highest BCUT2D eigenvalue weighted by Gasteiger charge is 2.16. The van der Waals surface area contributed by atoms with Crippen molar-refractivity contribution in [2.75, 3.05) is 12.4 Å². The van der Waals surface area contributed by atoms with Crippen molar-refractivity contribution in [3.05, 3.63) is 40.4 Å². The van der Waals surface area contributed by atoms with E-state index in [0.29, 0.717) is 6.54 Å². The van der Waals surface area contributed by atoms with E-state index in [4.69, 9.17) is 0 Å². The molecule has 2 rings (SSSR count). The Morgan fingerprint density at radius 1 is 1.27 bits per heavy atom. The van der Waals surface area contributed by atoms with Crippen molar-refractivity contribution in [3.63, 3.8) is 0 Å². The first kappa shape index (κ1) is 16.1. The summed E-state index contributed by atoms with van der Waals surface area (Å²) in [6.45, 7) is 4.17. The van der Waals surface area contributed by atoms with Crippen LogP contribution >= 0.6 is 11.5 Å². The Morgan fingerprint density at radius 2 is 2.00 bits per heavy atom. The van der Waals surface area contributed by atoms with Gasteiger partial charge in [0.05, 0.1) is 17.1 Å². The highest BCUT2D eigenvalue weighted by Crippen LogP contribution is 2.14. The number of rotatable bonds is 5. The molecule has 0 saturated carbocycles. The largest absolute Gasteiger partial charge is 0.340 e. The van der Waals surface area contributed by atoms with Crippen molar-refractivity contribution in [2.45, 2.75) is 26.8 Å². The van der Waals surface area contributed by atoms with Crippen molar-refractivity contribution in [3.8, 4) is 0 Å². The molecule has 1 aromatic carbocycles. The van der Waals surface area contributed by atoms with Crippen LogP contribution in [0.3, 0.4) is 0 Å². The topological polar surface area (TPSA) is 75.2 Å². The van der Waals surface area contributed by atoms with E-state index < -0.39 is 0 Å². The van der Waals surface area contributed by atoms with Crippen LogP contribution in [0.15, 0.2) is 24.3 Å². The fraction of sp³-hybridized carbons (Fsp3) is 0.333. The summed E-state index contributed by atoms with van der Waals surface area (Å²) in [7, 11) is 1.67. The van der Waals surface area contributed by atoms with Crippen molar-refractivity contribution in [2.24, 2.45) is 0 Å². The lowest BCUT2D eigenvalue weighted by atomic mass is 10.2. The van der Waals surface area contributed by atoms with Crippen LogP contribution in [0.4, 0.5) is 5.69 Å². The van der Waals surface area contributed by atoms with Gasteiger partial charge in [-0.05, 0) is 37.0 Å². The van der Waals surface area contributed by atoms with Crippen LogP contribution in [-0.4, -0.2) is 33.3 Å². The molecule has 116 valence electrons. The number of hydrogen-bond donors (Lipinski definition) is 1. The van der Waals surface area contributed by atoms with Gasteiger partial charge >= 0.3 is 0 Å². The molecule has 0 saturated heterocycles. The Morgan fingerprint density at radius 3 is 2.64 bits per heavy atom. The zero-order valence-electron chi connectivity index (χ0n) is 12.8. The van der Waals surface area contributed by atoms with Gasteiger partial charge in [0.2, 0.25) is 11.8 Å². The molecule has 0 aliphatic carbocycles. The maximum Gasteiger partial charge on any atom is 0.233 e. The molecule has 2 aromatic rings. The molecule has 1 heterocycles. The van der Waals surface area contributed by atoms with E-state index in [0.717, 1.165) is 21.8 Å². The minimum absolute atomic E-state index is 0.184. The normalized spacial score (nSPS) is 10.3. The molecule has 0 aliphatic heterocycles. The average Bonchev–Trinajstić information content (AvgIpc) is 2.86. The molecular weight excluding hydrogens is 300 g/mol. The molecule has 0 radical (unpaired) electrons. The van der Waals surface area contributed by atoms with Gasteiger partial charge in [0.15, 0.2) is 0 Å². The van der Waals surface area contributed by atoms with Crippen LogP contribution in [0, 0.1) is 13.8 Å². The molecule has 0 fully saturated rings. The van der Waals surface area contributed by atoms with Gasteiger partial charge in [-0.25, -0.2) is 0 Å². The van der Waals surface area contributed by atoms with Gasteiger partial charge in [-0.3, -0.25) is 9.59 Å². The number of anilines is 1. The van der Waals surface area contributed by atoms with Gasteiger partial charge in [-0.2, -0.15) is 0 Å². The highest BCUT2D eigenvalue weighted by atomic mass is 32.1. The molecule has 22 heavy (non-hydrogen) atoms. The summed E-state index contributed by atoms with van der Waals surface area (Å²) >= 11 is 1.26. The molecule has 0 aliphatic rings. The lowest BCUT2D eigenvalue weighted by Gasteiger charge is -2.16. The van der Waals surface area contributed by atoms with Gasteiger partial charge in [0, 0.05) is 12.7 Å². The quantitative estimate of drug-likeness (QED) is 0.857. The van der Waals surface area contributed by atoms with E-state index in [2.05, 4.69) is 14.9 Å². The van der Waals surface area contributed by atoms with E-state index in [1.54, 1.807) is 7.05 Å². The summed E-state index contributed by atoms with van der Waals surface area (Å²) in [4.78, 5) is 26.5. The van der Waals surface area contributed by atoms with Gasteiger partial charge in [0.25, 0.3) is 0 Å². The molecular formula is C15H18N4O2S. The van der Waals surface area contributed by atoms with E-state index in [1.807, 2.05) is 38.1 Å². The maximum atomic E-state index is 12.1. The van der Waals surface area contributed by atoms with Crippen molar-refractivity contribution in [1.29, 1.82) is 0 Å². The summed E-state index contributed by atoms with van der Waals surface area (Å²) in [6, 6.07) is 7.46. The maximum absolute atomic E-state index is 12.1. The third-order valence-corrected chi connectivity index (χ3v) is 4.09. The van der Waals surface area contributed by atoms with Crippen LogP contribution < -0.4 is 5.32 Å². The second kappa shape index (κ2) is 7.13. The van der Waals surface area contributed by atoms with E-state index in [-0.39, 0.29) is 18.2 Å². The zero-order chi connectivity index (χ0) is 16.1. The van der Waals surface area contributed by atoms with Crippen LogP contribution in [0.5, 0.6) is 0 Å². The number of nitrogens with zero attached hydrogens (tertiary/aromatic N) is 3.